The van der Waals surface area contributed by atoms with Gasteiger partial charge in [0.25, 0.3) is 0 Å². The molecular formula is C21H26N2O5S. The molecule has 0 bridgehead atoms. The Kier molecular flexibility index (Phi) is 5.85. The number of carbonyl (C=O) groups excluding carboxylic acids is 2. The Bertz CT molecular complexity index is 940. The van der Waals surface area contributed by atoms with Gasteiger partial charge in [-0.2, -0.15) is 0 Å². The molecule has 0 radical (unpaired) electrons. The fourth-order valence-corrected chi connectivity index (χ4v) is 5.63. The first-order chi connectivity index (χ1) is 14.0. The van der Waals surface area contributed by atoms with Crippen LogP contribution < -0.4 is 4.72 Å². The number of Topliss-reactive ketones (excluding diaryl/α,β-unsaturated/α-hetero) is 2. The van der Waals surface area contributed by atoms with Crippen LogP contribution in [-0.4, -0.2) is 57.2 Å². The minimum absolute atomic E-state index is 0.0236. The predicted molar refractivity (Wildman–Crippen MR) is 108 cm³/mol. The van der Waals surface area contributed by atoms with Crippen molar-refractivity contribution in [3.8, 4) is 0 Å². The maximum atomic E-state index is 13.3. The molecule has 0 saturated carbocycles. The number of nitrogens with one attached hydrogen (secondary N) is 1. The van der Waals surface area contributed by atoms with Crippen LogP contribution in [0.5, 0.6) is 0 Å². The SMILES string of the molecule is O=C1C(N2CCCCCC2)=C(S(=O)(=O)NCC2CCCO2)C(=O)c2ccccc21. The summed E-state index contributed by atoms with van der Waals surface area (Å²) in [4.78, 5) is 28.0. The first-order valence-electron chi connectivity index (χ1n) is 10.3. The number of rotatable bonds is 5. The molecule has 0 amide bonds. The predicted octanol–water partition coefficient (Wildman–Crippen LogP) is 2.25. The van der Waals surface area contributed by atoms with E-state index in [0.717, 1.165) is 38.5 Å². The van der Waals surface area contributed by atoms with E-state index in [2.05, 4.69) is 4.72 Å². The van der Waals surface area contributed by atoms with E-state index >= 15 is 0 Å². The van der Waals surface area contributed by atoms with Crippen LogP contribution in [0.2, 0.25) is 0 Å². The summed E-state index contributed by atoms with van der Waals surface area (Å²) in [5, 5.41) is 0. The van der Waals surface area contributed by atoms with Gasteiger partial charge in [-0.1, -0.05) is 37.1 Å². The van der Waals surface area contributed by atoms with Crippen molar-refractivity contribution in [1.82, 2.24) is 9.62 Å². The Balaban J connectivity index is 1.76. The van der Waals surface area contributed by atoms with Crippen molar-refractivity contribution < 1.29 is 22.7 Å². The minimum atomic E-state index is -4.17. The summed E-state index contributed by atoms with van der Waals surface area (Å²) in [6.45, 7) is 1.85. The molecule has 1 atom stereocenters. The molecule has 4 rings (SSSR count). The number of ether oxygens (including phenoxy) is 1. The van der Waals surface area contributed by atoms with Crippen molar-refractivity contribution in [3.63, 3.8) is 0 Å². The number of ketones is 2. The maximum absolute atomic E-state index is 13.3. The second-order valence-corrected chi connectivity index (χ2v) is 9.47. The summed E-state index contributed by atoms with van der Waals surface area (Å²) in [5.74, 6) is -1.00. The summed E-state index contributed by atoms with van der Waals surface area (Å²) in [7, 11) is -4.17. The molecule has 1 N–H and O–H groups in total. The van der Waals surface area contributed by atoms with Crippen molar-refractivity contribution in [3.05, 3.63) is 46.0 Å². The highest BCUT2D eigenvalue weighted by Crippen LogP contribution is 2.32. The molecule has 0 aromatic heterocycles. The lowest BCUT2D eigenvalue weighted by Crippen LogP contribution is -2.41. The molecule has 2 fully saturated rings. The number of benzene rings is 1. The van der Waals surface area contributed by atoms with Gasteiger partial charge in [0.2, 0.25) is 21.6 Å². The first kappa shape index (κ1) is 20.3. The van der Waals surface area contributed by atoms with Gasteiger partial charge in [0, 0.05) is 37.4 Å². The normalized spacial score (nSPS) is 23.3. The number of likely N-dealkylation sites (tertiary alicyclic amines) is 1. The fraction of sp³-hybridized carbons (Fsp3) is 0.524. The molecule has 156 valence electrons. The van der Waals surface area contributed by atoms with E-state index in [1.54, 1.807) is 23.1 Å². The van der Waals surface area contributed by atoms with Crippen LogP contribution in [0.4, 0.5) is 0 Å². The van der Waals surface area contributed by atoms with E-state index in [1.165, 1.54) is 6.07 Å². The number of sulfonamides is 1. The highest BCUT2D eigenvalue weighted by atomic mass is 32.2. The largest absolute Gasteiger partial charge is 0.377 e. The van der Waals surface area contributed by atoms with Crippen molar-refractivity contribution >= 4 is 21.6 Å². The number of hydrogen-bond donors (Lipinski definition) is 1. The van der Waals surface area contributed by atoms with Gasteiger partial charge in [-0.15, -0.1) is 0 Å². The molecule has 1 aromatic rings. The van der Waals surface area contributed by atoms with Crippen LogP contribution in [-0.2, 0) is 14.8 Å². The Morgan fingerprint density at radius 2 is 1.62 bits per heavy atom. The monoisotopic (exact) mass is 418 g/mol. The number of nitrogens with zero attached hydrogens (tertiary/aromatic N) is 1. The van der Waals surface area contributed by atoms with Crippen molar-refractivity contribution in [1.29, 1.82) is 0 Å². The van der Waals surface area contributed by atoms with E-state index < -0.39 is 20.7 Å². The molecule has 0 spiro atoms. The van der Waals surface area contributed by atoms with Gasteiger partial charge in [0.1, 0.15) is 5.70 Å². The van der Waals surface area contributed by atoms with Gasteiger partial charge in [-0.3, -0.25) is 9.59 Å². The van der Waals surface area contributed by atoms with Gasteiger partial charge < -0.3 is 9.64 Å². The maximum Gasteiger partial charge on any atom is 0.246 e. The number of carbonyl (C=O) groups is 2. The minimum Gasteiger partial charge on any atom is -0.377 e. The quantitative estimate of drug-likeness (QED) is 0.788. The van der Waals surface area contributed by atoms with Gasteiger partial charge in [-0.05, 0) is 25.7 Å². The average Bonchev–Trinajstić information content (AvgIpc) is 3.10. The number of hydrogen-bond acceptors (Lipinski definition) is 6. The molecule has 2 aliphatic heterocycles. The third-order valence-electron chi connectivity index (χ3n) is 5.77. The highest BCUT2D eigenvalue weighted by Gasteiger charge is 2.41. The third kappa shape index (κ3) is 4.01. The van der Waals surface area contributed by atoms with Crippen LogP contribution in [0.15, 0.2) is 34.9 Å². The zero-order chi connectivity index (χ0) is 20.4. The Hall–Kier alpha value is -2.03. The van der Waals surface area contributed by atoms with Gasteiger partial charge in [0.05, 0.1) is 6.10 Å². The molecule has 1 aromatic carbocycles. The zero-order valence-corrected chi connectivity index (χ0v) is 17.2. The van der Waals surface area contributed by atoms with E-state index in [1.807, 2.05) is 0 Å². The molecule has 1 aliphatic carbocycles. The van der Waals surface area contributed by atoms with Crippen molar-refractivity contribution in [2.45, 2.75) is 44.6 Å². The summed E-state index contributed by atoms with van der Waals surface area (Å²) < 4.78 is 34.5. The molecule has 1 unspecified atom stereocenters. The molecule has 2 saturated heterocycles. The second-order valence-electron chi connectivity index (χ2n) is 7.77. The van der Waals surface area contributed by atoms with Crippen LogP contribution in [0, 0.1) is 0 Å². The highest BCUT2D eigenvalue weighted by molar-refractivity contribution is 7.94. The van der Waals surface area contributed by atoms with Gasteiger partial charge in [-0.25, -0.2) is 13.1 Å². The summed E-state index contributed by atoms with van der Waals surface area (Å²) in [6.07, 6.45) is 5.25. The number of fused-ring (bicyclic) bond motifs is 1. The molecule has 3 aliphatic rings. The fourth-order valence-electron chi connectivity index (χ4n) is 4.25. The standard InChI is InChI=1S/C21H26N2O5S/c24-19-16-9-3-4-10-17(16)20(25)21(18(19)23-11-5-1-2-6-12-23)29(26,27)22-14-15-8-7-13-28-15/h3-4,9-10,15,22H,1-2,5-8,11-14H2. The smallest absolute Gasteiger partial charge is 0.246 e. The van der Waals surface area contributed by atoms with E-state index in [4.69, 9.17) is 4.74 Å². The van der Waals surface area contributed by atoms with Crippen molar-refractivity contribution in [2.24, 2.45) is 0 Å². The van der Waals surface area contributed by atoms with Crippen LogP contribution in [0.3, 0.4) is 0 Å². The summed E-state index contributed by atoms with van der Waals surface area (Å²) in [5.41, 5.74) is 0.443. The van der Waals surface area contributed by atoms with Crippen LogP contribution >= 0.6 is 0 Å². The molecule has 7 nitrogen and oxygen atoms in total. The molecular weight excluding hydrogens is 392 g/mol. The summed E-state index contributed by atoms with van der Waals surface area (Å²) in [6, 6.07) is 6.45. The first-order valence-corrected chi connectivity index (χ1v) is 11.8. The van der Waals surface area contributed by atoms with E-state index in [0.29, 0.717) is 19.7 Å². The Morgan fingerprint density at radius 1 is 0.966 bits per heavy atom. The topological polar surface area (TPSA) is 92.8 Å². The van der Waals surface area contributed by atoms with Gasteiger partial charge >= 0.3 is 0 Å². The molecule has 29 heavy (non-hydrogen) atoms. The molecule has 2 heterocycles. The lowest BCUT2D eigenvalue weighted by atomic mass is 9.91. The zero-order valence-electron chi connectivity index (χ0n) is 16.4. The Labute approximate surface area is 171 Å². The van der Waals surface area contributed by atoms with Crippen LogP contribution in [0.1, 0.15) is 59.2 Å². The number of allylic oxidation sites excluding steroid dienone is 2. The van der Waals surface area contributed by atoms with Crippen LogP contribution in [0.25, 0.3) is 0 Å². The Morgan fingerprint density at radius 3 is 2.24 bits per heavy atom. The van der Waals surface area contributed by atoms with Gasteiger partial charge in [0.15, 0.2) is 4.91 Å². The lowest BCUT2D eigenvalue weighted by molar-refractivity contribution is 0.0947. The summed E-state index contributed by atoms with van der Waals surface area (Å²) >= 11 is 0. The molecule has 8 heteroatoms. The second kappa shape index (κ2) is 8.38. The van der Waals surface area contributed by atoms with E-state index in [9.17, 15) is 18.0 Å². The average molecular weight is 419 g/mol. The third-order valence-corrected chi connectivity index (χ3v) is 7.23. The van der Waals surface area contributed by atoms with Crippen molar-refractivity contribution in [2.75, 3.05) is 26.2 Å². The van der Waals surface area contributed by atoms with E-state index in [-0.39, 0.29) is 35.3 Å². The lowest BCUT2D eigenvalue weighted by Gasteiger charge is -2.30.